The predicted octanol–water partition coefficient (Wildman–Crippen LogP) is 3.75. The van der Waals surface area contributed by atoms with Crippen molar-refractivity contribution in [2.75, 3.05) is 5.32 Å². The Kier molecular flexibility index (Phi) is 4.39. The third-order valence-electron chi connectivity index (χ3n) is 3.68. The third kappa shape index (κ3) is 3.40. The van der Waals surface area contributed by atoms with E-state index in [4.69, 9.17) is 12.2 Å². The fourth-order valence-electron chi connectivity index (χ4n) is 2.61. The first-order chi connectivity index (χ1) is 11.1. The Morgan fingerprint density at radius 3 is 2.30 bits per heavy atom. The van der Waals surface area contributed by atoms with Crippen molar-refractivity contribution >= 4 is 28.9 Å². The summed E-state index contributed by atoms with van der Waals surface area (Å²) in [5.74, 6) is 0. The van der Waals surface area contributed by atoms with Gasteiger partial charge in [-0.1, -0.05) is 60.7 Å². The Labute approximate surface area is 140 Å². The zero-order valence-electron chi connectivity index (χ0n) is 12.7. The largest absolute Gasteiger partial charge is 0.346 e. The van der Waals surface area contributed by atoms with Gasteiger partial charge in [0.2, 0.25) is 0 Å². The minimum absolute atomic E-state index is 0.220. The maximum Gasteiger partial charge on any atom is 0.319 e. The molecule has 23 heavy (non-hydrogen) atoms. The first-order valence-electron chi connectivity index (χ1n) is 7.35. The van der Waals surface area contributed by atoms with Crippen molar-refractivity contribution in [3.05, 3.63) is 77.5 Å². The van der Waals surface area contributed by atoms with E-state index in [0.717, 1.165) is 22.5 Å². The number of rotatable bonds is 3. The van der Waals surface area contributed by atoms with E-state index in [2.05, 4.69) is 16.0 Å². The first-order valence-corrected chi connectivity index (χ1v) is 7.75. The summed E-state index contributed by atoms with van der Waals surface area (Å²) in [6, 6.07) is 19.1. The second-order valence-corrected chi connectivity index (χ2v) is 5.71. The van der Waals surface area contributed by atoms with Crippen LogP contribution in [-0.2, 0) is 0 Å². The maximum atomic E-state index is 11.9. The monoisotopic (exact) mass is 323 g/mol. The Hall–Kier alpha value is -2.66. The second-order valence-electron chi connectivity index (χ2n) is 5.30. The molecule has 1 unspecified atom stereocenters. The SMILES string of the molecule is CC1=C(C(=S)Nc2ccccc2)C(c2ccccc2)NC(=O)N1. The van der Waals surface area contributed by atoms with Crippen molar-refractivity contribution in [3.8, 4) is 0 Å². The van der Waals surface area contributed by atoms with Crippen molar-refractivity contribution < 1.29 is 4.79 Å². The van der Waals surface area contributed by atoms with Crippen LogP contribution in [0.15, 0.2) is 71.9 Å². The van der Waals surface area contributed by atoms with Gasteiger partial charge >= 0.3 is 6.03 Å². The molecule has 5 heteroatoms. The Bertz CT molecular complexity index is 756. The molecule has 2 aromatic carbocycles. The standard InChI is InChI=1S/C18H17N3OS/c1-12-15(17(23)20-14-10-6-3-7-11-14)16(21-18(22)19-12)13-8-4-2-5-9-13/h2-11,16H,1H3,(H,20,23)(H2,19,21,22). The van der Waals surface area contributed by atoms with Crippen molar-refractivity contribution in [2.24, 2.45) is 0 Å². The molecular weight excluding hydrogens is 306 g/mol. The zero-order valence-corrected chi connectivity index (χ0v) is 13.5. The molecular formula is C18H17N3OS. The number of anilines is 1. The van der Waals surface area contributed by atoms with Gasteiger partial charge in [-0.3, -0.25) is 0 Å². The topological polar surface area (TPSA) is 53.2 Å². The van der Waals surface area contributed by atoms with Gasteiger partial charge in [0.15, 0.2) is 0 Å². The van der Waals surface area contributed by atoms with E-state index in [-0.39, 0.29) is 12.1 Å². The lowest BCUT2D eigenvalue weighted by molar-refractivity contribution is 0.239. The van der Waals surface area contributed by atoms with Crippen molar-refractivity contribution in [2.45, 2.75) is 13.0 Å². The molecule has 3 N–H and O–H groups in total. The molecule has 1 aliphatic heterocycles. The van der Waals surface area contributed by atoms with Crippen LogP contribution in [0.1, 0.15) is 18.5 Å². The molecule has 0 aliphatic carbocycles. The van der Waals surface area contributed by atoms with Gasteiger partial charge in [-0.2, -0.15) is 0 Å². The van der Waals surface area contributed by atoms with Crippen LogP contribution in [0.4, 0.5) is 10.5 Å². The smallest absolute Gasteiger partial charge is 0.319 e. The number of thiocarbonyl (C=S) groups is 1. The number of hydrogen-bond donors (Lipinski definition) is 3. The van der Waals surface area contributed by atoms with E-state index in [9.17, 15) is 4.79 Å². The third-order valence-corrected chi connectivity index (χ3v) is 4.00. The highest BCUT2D eigenvalue weighted by Gasteiger charge is 2.28. The van der Waals surface area contributed by atoms with Crippen LogP contribution in [0.2, 0.25) is 0 Å². The summed E-state index contributed by atoms with van der Waals surface area (Å²) in [5, 5.41) is 8.98. The number of urea groups is 1. The van der Waals surface area contributed by atoms with Crippen LogP contribution in [0.25, 0.3) is 0 Å². The fourth-order valence-corrected chi connectivity index (χ4v) is 3.00. The summed E-state index contributed by atoms with van der Waals surface area (Å²) >= 11 is 5.59. The van der Waals surface area contributed by atoms with Gasteiger partial charge in [0.1, 0.15) is 4.99 Å². The normalized spacial score (nSPS) is 17.3. The number of allylic oxidation sites excluding steroid dienone is 1. The molecule has 1 atom stereocenters. The molecule has 0 saturated heterocycles. The molecule has 0 fully saturated rings. The lowest BCUT2D eigenvalue weighted by Gasteiger charge is -2.30. The molecule has 2 amide bonds. The molecule has 0 radical (unpaired) electrons. The highest BCUT2D eigenvalue weighted by Crippen LogP contribution is 2.28. The van der Waals surface area contributed by atoms with E-state index >= 15 is 0 Å². The van der Waals surface area contributed by atoms with Crippen LogP contribution in [0.5, 0.6) is 0 Å². The molecule has 1 aliphatic rings. The number of carbonyl (C=O) groups is 1. The van der Waals surface area contributed by atoms with Crippen LogP contribution in [-0.4, -0.2) is 11.0 Å². The number of nitrogens with one attached hydrogen (secondary N) is 3. The highest BCUT2D eigenvalue weighted by atomic mass is 32.1. The number of para-hydroxylation sites is 1. The summed E-state index contributed by atoms with van der Waals surface area (Å²) in [7, 11) is 0. The quantitative estimate of drug-likeness (QED) is 0.754. The summed E-state index contributed by atoms with van der Waals surface area (Å²) in [4.78, 5) is 12.5. The molecule has 3 rings (SSSR count). The summed E-state index contributed by atoms with van der Waals surface area (Å²) in [6.45, 7) is 1.86. The van der Waals surface area contributed by atoms with Crippen molar-refractivity contribution in [1.82, 2.24) is 10.6 Å². The van der Waals surface area contributed by atoms with E-state index in [1.54, 1.807) is 0 Å². The molecule has 1 heterocycles. The average Bonchev–Trinajstić information content (AvgIpc) is 2.55. The van der Waals surface area contributed by atoms with Crippen LogP contribution in [0.3, 0.4) is 0 Å². The lowest BCUT2D eigenvalue weighted by atomic mass is 9.95. The van der Waals surface area contributed by atoms with E-state index in [1.165, 1.54) is 0 Å². The van der Waals surface area contributed by atoms with Crippen molar-refractivity contribution in [1.29, 1.82) is 0 Å². The Morgan fingerprint density at radius 2 is 1.65 bits per heavy atom. The second kappa shape index (κ2) is 6.62. The predicted molar refractivity (Wildman–Crippen MR) is 96.2 cm³/mol. The zero-order chi connectivity index (χ0) is 16.2. The molecule has 4 nitrogen and oxygen atoms in total. The molecule has 0 spiro atoms. The number of benzene rings is 2. The van der Waals surface area contributed by atoms with E-state index in [0.29, 0.717) is 4.99 Å². The maximum absolute atomic E-state index is 11.9. The van der Waals surface area contributed by atoms with Crippen LogP contribution in [0, 0.1) is 0 Å². The molecule has 2 aromatic rings. The minimum Gasteiger partial charge on any atom is -0.346 e. The first kappa shape index (κ1) is 15.2. The molecule has 0 bridgehead atoms. The van der Waals surface area contributed by atoms with E-state index < -0.39 is 0 Å². The molecule has 0 saturated carbocycles. The summed E-state index contributed by atoms with van der Waals surface area (Å²) < 4.78 is 0. The van der Waals surface area contributed by atoms with Gasteiger partial charge in [-0.05, 0) is 24.6 Å². The summed E-state index contributed by atoms with van der Waals surface area (Å²) in [5.41, 5.74) is 3.54. The van der Waals surface area contributed by atoms with Gasteiger partial charge < -0.3 is 16.0 Å². The highest BCUT2D eigenvalue weighted by molar-refractivity contribution is 7.81. The van der Waals surface area contributed by atoms with Crippen LogP contribution >= 0.6 is 12.2 Å². The Morgan fingerprint density at radius 1 is 1.04 bits per heavy atom. The number of hydrogen-bond acceptors (Lipinski definition) is 2. The minimum atomic E-state index is -0.270. The van der Waals surface area contributed by atoms with Gasteiger partial charge in [0, 0.05) is 17.0 Å². The lowest BCUT2D eigenvalue weighted by Crippen LogP contribution is -2.45. The van der Waals surface area contributed by atoms with Gasteiger partial charge in [0.05, 0.1) is 6.04 Å². The number of amides is 2. The van der Waals surface area contributed by atoms with Gasteiger partial charge in [-0.25, -0.2) is 4.79 Å². The average molecular weight is 323 g/mol. The van der Waals surface area contributed by atoms with Gasteiger partial charge in [0.25, 0.3) is 0 Å². The van der Waals surface area contributed by atoms with Crippen LogP contribution < -0.4 is 16.0 Å². The fraction of sp³-hybridized carbons (Fsp3) is 0.111. The number of carbonyl (C=O) groups excluding carboxylic acids is 1. The molecule has 116 valence electrons. The van der Waals surface area contributed by atoms with E-state index in [1.807, 2.05) is 67.6 Å². The Balaban J connectivity index is 1.94. The van der Waals surface area contributed by atoms with Crippen molar-refractivity contribution in [3.63, 3.8) is 0 Å². The molecule has 0 aromatic heterocycles. The van der Waals surface area contributed by atoms with Gasteiger partial charge in [-0.15, -0.1) is 0 Å². The summed E-state index contributed by atoms with van der Waals surface area (Å²) in [6.07, 6.45) is 0.